The van der Waals surface area contributed by atoms with Gasteiger partial charge in [0.25, 0.3) is 0 Å². The van der Waals surface area contributed by atoms with Crippen molar-refractivity contribution >= 4 is 28.1 Å². The Morgan fingerprint density at radius 3 is 2.46 bits per heavy atom. The van der Waals surface area contributed by atoms with E-state index < -0.39 is 0 Å². The summed E-state index contributed by atoms with van der Waals surface area (Å²) < 4.78 is 0. The molecule has 4 aromatic rings. The van der Waals surface area contributed by atoms with Crippen LogP contribution in [0.4, 0.5) is 5.82 Å². The molecule has 0 spiro atoms. The number of pyridine rings is 1. The van der Waals surface area contributed by atoms with Gasteiger partial charge in [-0.05, 0) is 45.0 Å². The molecule has 3 aromatic heterocycles. The molecule has 26 heavy (non-hydrogen) atoms. The fraction of sp³-hybridized carbons (Fsp3) is 0.200. The summed E-state index contributed by atoms with van der Waals surface area (Å²) in [5.74, 6) is 1.53. The Morgan fingerprint density at radius 1 is 0.962 bits per heavy atom. The number of hydrogen-bond acceptors (Lipinski definition) is 6. The summed E-state index contributed by atoms with van der Waals surface area (Å²) in [5.41, 5.74) is 2.94. The number of rotatable bonds is 4. The smallest absolute Gasteiger partial charge is 0.162 e. The zero-order valence-electron chi connectivity index (χ0n) is 14.9. The lowest BCUT2D eigenvalue weighted by Gasteiger charge is -2.16. The molecule has 0 amide bonds. The highest BCUT2D eigenvalue weighted by molar-refractivity contribution is 7.11. The molecule has 1 N–H and O–H groups in total. The van der Waals surface area contributed by atoms with Gasteiger partial charge in [0.1, 0.15) is 5.82 Å². The van der Waals surface area contributed by atoms with Gasteiger partial charge in [0.15, 0.2) is 5.82 Å². The minimum absolute atomic E-state index is 0.116. The third-order valence-electron chi connectivity index (χ3n) is 4.23. The fourth-order valence-electron chi connectivity index (χ4n) is 3.04. The van der Waals surface area contributed by atoms with E-state index in [0.29, 0.717) is 5.82 Å². The van der Waals surface area contributed by atoms with Crippen LogP contribution in [0.15, 0.2) is 48.8 Å². The zero-order chi connectivity index (χ0) is 18.1. The van der Waals surface area contributed by atoms with Crippen molar-refractivity contribution in [1.29, 1.82) is 0 Å². The minimum Gasteiger partial charge on any atom is -0.362 e. The molecule has 0 aliphatic rings. The van der Waals surface area contributed by atoms with Gasteiger partial charge in [-0.25, -0.2) is 15.0 Å². The normalized spacial score (nSPS) is 12.3. The molecule has 0 bridgehead atoms. The van der Waals surface area contributed by atoms with Crippen LogP contribution in [0.25, 0.3) is 22.3 Å². The van der Waals surface area contributed by atoms with Gasteiger partial charge in [-0.1, -0.05) is 12.1 Å². The highest BCUT2D eigenvalue weighted by Crippen LogP contribution is 2.30. The summed E-state index contributed by atoms with van der Waals surface area (Å²) in [7, 11) is 0. The number of hydrogen-bond donors (Lipinski definition) is 1. The molecule has 0 saturated carbocycles. The van der Waals surface area contributed by atoms with Crippen LogP contribution in [0.5, 0.6) is 0 Å². The Labute approximate surface area is 156 Å². The maximum Gasteiger partial charge on any atom is 0.162 e. The summed E-state index contributed by atoms with van der Waals surface area (Å²) in [6.07, 6.45) is 3.51. The number of aryl methyl sites for hydroxylation is 2. The van der Waals surface area contributed by atoms with E-state index in [1.54, 1.807) is 23.7 Å². The maximum absolute atomic E-state index is 4.81. The molecule has 4 rings (SSSR count). The van der Waals surface area contributed by atoms with Gasteiger partial charge in [0.2, 0.25) is 0 Å². The molecule has 1 aromatic carbocycles. The second-order valence-electron chi connectivity index (χ2n) is 6.20. The molecular weight excluding hydrogens is 342 g/mol. The molecule has 130 valence electrons. The predicted octanol–water partition coefficient (Wildman–Crippen LogP) is 4.94. The van der Waals surface area contributed by atoms with Gasteiger partial charge in [0.05, 0.1) is 22.3 Å². The van der Waals surface area contributed by atoms with Gasteiger partial charge in [-0.3, -0.25) is 4.98 Å². The van der Waals surface area contributed by atoms with Crippen LogP contribution in [0.2, 0.25) is 0 Å². The van der Waals surface area contributed by atoms with E-state index in [0.717, 1.165) is 33.0 Å². The predicted molar refractivity (Wildman–Crippen MR) is 106 cm³/mol. The first-order valence-electron chi connectivity index (χ1n) is 8.49. The van der Waals surface area contributed by atoms with Gasteiger partial charge in [-0.15, -0.1) is 11.3 Å². The summed E-state index contributed by atoms with van der Waals surface area (Å²) in [5, 5.41) is 5.66. The van der Waals surface area contributed by atoms with Crippen molar-refractivity contribution < 1.29 is 0 Å². The summed E-state index contributed by atoms with van der Waals surface area (Å²) in [6.45, 7) is 6.23. The lowest BCUT2D eigenvalue weighted by Crippen LogP contribution is -2.09. The fourth-order valence-corrected chi connectivity index (χ4v) is 3.97. The van der Waals surface area contributed by atoms with Crippen molar-refractivity contribution in [1.82, 2.24) is 19.9 Å². The first-order valence-corrected chi connectivity index (χ1v) is 9.31. The van der Waals surface area contributed by atoms with Gasteiger partial charge >= 0.3 is 0 Å². The second-order valence-corrected chi connectivity index (χ2v) is 7.43. The van der Waals surface area contributed by atoms with E-state index in [1.807, 2.05) is 43.3 Å². The van der Waals surface area contributed by atoms with Crippen molar-refractivity contribution in [3.63, 3.8) is 0 Å². The number of aromatic nitrogens is 4. The Kier molecular flexibility index (Phi) is 4.34. The van der Waals surface area contributed by atoms with E-state index >= 15 is 0 Å². The van der Waals surface area contributed by atoms with Gasteiger partial charge < -0.3 is 5.32 Å². The van der Waals surface area contributed by atoms with Crippen molar-refractivity contribution in [2.45, 2.75) is 26.8 Å². The average molecular weight is 361 g/mol. The van der Waals surface area contributed by atoms with E-state index in [9.17, 15) is 0 Å². The van der Waals surface area contributed by atoms with Gasteiger partial charge in [0, 0.05) is 28.2 Å². The molecule has 5 nitrogen and oxygen atoms in total. The maximum atomic E-state index is 4.81. The second kappa shape index (κ2) is 6.80. The standard InChI is InChI=1S/C20H19N5S/c1-12-18(26-14(3)22-12)13(2)23-20-16-6-4-5-7-17(16)24-19(25-20)15-8-10-21-11-9-15/h4-11,13H,1-3H3,(H,23,24,25). The molecule has 0 saturated heterocycles. The Bertz CT molecular complexity index is 1060. The van der Waals surface area contributed by atoms with Crippen LogP contribution in [-0.2, 0) is 0 Å². The molecule has 0 fully saturated rings. The van der Waals surface area contributed by atoms with Crippen LogP contribution in [0, 0.1) is 13.8 Å². The third-order valence-corrected chi connectivity index (χ3v) is 5.48. The Hall–Kier alpha value is -2.86. The average Bonchev–Trinajstić information content (AvgIpc) is 3.00. The van der Waals surface area contributed by atoms with Crippen molar-refractivity contribution in [3.05, 3.63) is 64.4 Å². The van der Waals surface area contributed by atoms with Gasteiger partial charge in [-0.2, -0.15) is 0 Å². The number of fused-ring (bicyclic) bond motifs is 1. The molecule has 3 heterocycles. The van der Waals surface area contributed by atoms with Crippen molar-refractivity contribution in [2.75, 3.05) is 5.32 Å². The third kappa shape index (κ3) is 3.15. The Balaban J connectivity index is 1.79. The number of anilines is 1. The topological polar surface area (TPSA) is 63.6 Å². The molecule has 6 heteroatoms. The van der Waals surface area contributed by atoms with E-state index in [4.69, 9.17) is 9.97 Å². The molecule has 0 radical (unpaired) electrons. The summed E-state index contributed by atoms with van der Waals surface area (Å²) >= 11 is 1.72. The lowest BCUT2D eigenvalue weighted by atomic mass is 10.2. The molecule has 0 aliphatic carbocycles. The highest BCUT2D eigenvalue weighted by atomic mass is 32.1. The van der Waals surface area contributed by atoms with Crippen LogP contribution in [0.3, 0.4) is 0 Å². The zero-order valence-corrected chi connectivity index (χ0v) is 15.7. The molecular formula is C20H19N5S. The van der Waals surface area contributed by atoms with Crippen molar-refractivity contribution in [2.24, 2.45) is 0 Å². The number of para-hydroxylation sites is 1. The van der Waals surface area contributed by atoms with E-state index in [-0.39, 0.29) is 6.04 Å². The lowest BCUT2D eigenvalue weighted by molar-refractivity contribution is 0.881. The summed E-state index contributed by atoms with van der Waals surface area (Å²) in [6, 6.07) is 12.0. The molecule has 0 aliphatic heterocycles. The Morgan fingerprint density at radius 2 is 1.73 bits per heavy atom. The molecule has 1 unspecified atom stereocenters. The highest BCUT2D eigenvalue weighted by Gasteiger charge is 2.16. The van der Waals surface area contributed by atoms with E-state index in [2.05, 4.69) is 29.1 Å². The van der Waals surface area contributed by atoms with Crippen LogP contribution < -0.4 is 5.32 Å². The van der Waals surface area contributed by atoms with Crippen molar-refractivity contribution in [3.8, 4) is 11.4 Å². The van der Waals surface area contributed by atoms with Crippen LogP contribution in [0.1, 0.15) is 28.5 Å². The number of benzene rings is 1. The molecule has 1 atom stereocenters. The monoisotopic (exact) mass is 361 g/mol. The van der Waals surface area contributed by atoms with Crippen LogP contribution >= 0.6 is 11.3 Å². The van der Waals surface area contributed by atoms with E-state index in [1.165, 1.54) is 4.88 Å². The first kappa shape index (κ1) is 16.6. The minimum atomic E-state index is 0.116. The number of thiazole rings is 1. The van der Waals surface area contributed by atoms with Crippen LogP contribution in [-0.4, -0.2) is 19.9 Å². The number of nitrogens with zero attached hydrogens (tertiary/aromatic N) is 4. The quantitative estimate of drug-likeness (QED) is 0.558. The largest absolute Gasteiger partial charge is 0.362 e. The SMILES string of the molecule is Cc1nc(C)c(C(C)Nc2nc(-c3ccncc3)nc3ccccc23)s1. The number of nitrogens with one attached hydrogen (secondary N) is 1. The first-order chi connectivity index (χ1) is 12.6. The summed E-state index contributed by atoms with van der Waals surface area (Å²) in [4.78, 5) is 19.4.